The summed E-state index contributed by atoms with van der Waals surface area (Å²) in [5.41, 5.74) is 0.600. The van der Waals surface area contributed by atoms with Gasteiger partial charge in [-0.05, 0) is 43.7 Å². The summed E-state index contributed by atoms with van der Waals surface area (Å²) >= 11 is 3.23. The molecule has 0 amide bonds. The van der Waals surface area contributed by atoms with Gasteiger partial charge in [-0.15, -0.1) is 0 Å². The SMILES string of the molecule is OCC1CCC(OCc2ccc(Br)cc2F)CC1. The van der Waals surface area contributed by atoms with Crippen LogP contribution in [0.4, 0.5) is 4.39 Å². The summed E-state index contributed by atoms with van der Waals surface area (Å²) in [4.78, 5) is 0. The van der Waals surface area contributed by atoms with Crippen LogP contribution in [0.3, 0.4) is 0 Å². The average molecular weight is 317 g/mol. The van der Waals surface area contributed by atoms with Gasteiger partial charge in [0.25, 0.3) is 0 Å². The lowest BCUT2D eigenvalue weighted by molar-refractivity contribution is 0.000146. The first kappa shape index (κ1) is 14.0. The lowest BCUT2D eigenvalue weighted by Gasteiger charge is -2.27. The minimum absolute atomic E-state index is 0.204. The van der Waals surface area contributed by atoms with E-state index in [1.54, 1.807) is 6.07 Å². The first-order valence-electron chi connectivity index (χ1n) is 6.35. The third-order valence-electron chi connectivity index (χ3n) is 3.54. The maximum absolute atomic E-state index is 13.6. The van der Waals surface area contributed by atoms with E-state index in [1.807, 2.05) is 6.07 Å². The number of aliphatic hydroxyl groups excluding tert-OH is 1. The lowest BCUT2D eigenvalue weighted by atomic mass is 9.88. The van der Waals surface area contributed by atoms with Crippen molar-refractivity contribution >= 4 is 15.9 Å². The van der Waals surface area contributed by atoms with E-state index in [2.05, 4.69) is 15.9 Å². The van der Waals surface area contributed by atoms with Gasteiger partial charge in [-0.25, -0.2) is 4.39 Å². The van der Waals surface area contributed by atoms with Gasteiger partial charge in [-0.2, -0.15) is 0 Å². The minimum Gasteiger partial charge on any atom is -0.396 e. The van der Waals surface area contributed by atoms with Crippen LogP contribution in [0.1, 0.15) is 31.2 Å². The molecule has 0 radical (unpaired) electrons. The highest BCUT2D eigenvalue weighted by molar-refractivity contribution is 9.10. The molecule has 100 valence electrons. The predicted octanol–water partition coefficient (Wildman–Crippen LogP) is 3.66. The summed E-state index contributed by atoms with van der Waals surface area (Å²) in [7, 11) is 0. The van der Waals surface area contributed by atoms with Gasteiger partial charge in [0, 0.05) is 16.6 Å². The fourth-order valence-electron chi connectivity index (χ4n) is 2.33. The lowest BCUT2D eigenvalue weighted by Crippen LogP contribution is -2.23. The van der Waals surface area contributed by atoms with Crippen LogP contribution in [-0.2, 0) is 11.3 Å². The topological polar surface area (TPSA) is 29.5 Å². The monoisotopic (exact) mass is 316 g/mol. The van der Waals surface area contributed by atoms with Crippen molar-refractivity contribution in [2.75, 3.05) is 6.61 Å². The highest BCUT2D eigenvalue weighted by atomic mass is 79.9. The maximum atomic E-state index is 13.6. The molecule has 1 fully saturated rings. The third-order valence-corrected chi connectivity index (χ3v) is 4.03. The molecule has 1 aromatic carbocycles. The van der Waals surface area contributed by atoms with Crippen molar-refractivity contribution in [3.63, 3.8) is 0 Å². The van der Waals surface area contributed by atoms with Gasteiger partial charge < -0.3 is 9.84 Å². The Morgan fingerprint density at radius 3 is 2.61 bits per heavy atom. The molecule has 1 aliphatic rings. The van der Waals surface area contributed by atoms with E-state index in [1.165, 1.54) is 6.07 Å². The van der Waals surface area contributed by atoms with Gasteiger partial charge in [-0.1, -0.05) is 22.0 Å². The first-order chi connectivity index (χ1) is 8.69. The second kappa shape index (κ2) is 6.64. The standard InChI is InChI=1S/C14H18BrFO2/c15-12-4-3-11(14(16)7-12)9-18-13-5-1-10(8-17)2-6-13/h3-4,7,10,13,17H,1-2,5-6,8-9H2. The molecule has 2 nitrogen and oxygen atoms in total. The summed E-state index contributed by atoms with van der Waals surface area (Å²) in [5.74, 6) is 0.197. The van der Waals surface area contributed by atoms with Crippen LogP contribution in [0.2, 0.25) is 0 Å². The molecule has 0 unspecified atom stereocenters. The van der Waals surface area contributed by atoms with Crippen LogP contribution in [0.15, 0.2) is 22.7 Å². The Hall–Kier alpha value is -0.450. The van der Waals surface area contributed by atoms with Crippen LogP contribution >= 0.6 is 15.9 Å². The Kier molecular flexibility index (Phi) is 5.15. The van der Waals surface area contributed by atoms with Crippen molar-refractivity contribution in [2.45, 2.75) is 38.4 Å². The highest BCUT2D eigenvalue weighted by Crippen LogP contribution is 2.26. The summed E-state index contributed by atoms with van der Waals surface area (Å²) in [6.07, 6.45) is 4.14. The number of hydrogen-bond donors (Lipinski definition) is 1. The number of halogens is 2. The Bertz CT molecular complexity index is 389. The Balaban J connectivity index is 1.81. The number of ether oxygens (including phenoxy) is 1. The third kappa shape index (κ3) is 3.77. The Labute approximate surface area is 115 Å². The molecule has 1 aromatic rings. The van der Waals surface area contributed by atoms with Crippen molar-refractivity contribution < 1.29 is 14.2 Å². The molecule has 1 saturated carbocycles. The van der Waals surface area contributed by atoms with E-state index in [4.69, 9.17) is 9.84 Å². The normalized spacial score (nSPS) is 24.2. The van der Waals surface area contributed by atoms with Crippen LogP contribution in [0.5, 0.6) is 0 Å². The second-order valence-corrected chi connectivity index (χ2v) is 5.79. The number of benzene rings is 1. The second-order valence-electron chi connectivity index (χ2n) is 4.87. The van der Waals surface area contributed by atoms with Crippen molar-refractivity contribution in [1.29, 1.82) is 0 Å². The van der Waals surface area contributed by atoms with E-state index in [-0.39, 0.29) is 18.5 Å². The quantitative estimate of drug-likeness (QED) is 0.918. The van der Waals surface area contributed by atoms with Crippen molar-refractivity contribution in [1.82, 2.24) is 0 Å². The van der Waals surface area contributed by atoms with Gasteiger partial charge in [0.15, 0.2) is 0 Å². The maximum Gasteiger partial charge on any atom is 0.129 e. The number of aliphatic hydroxyl groups is 1. The summed E-state index contributed by atoms with van der Waals surface area (Å²) in [6.45, 7) is 0.599. The van der Waals surface area contributed by atoms with Crippen molar-refractivity contribution in [2.24, 2.45) is 5.92 Å². The molecule has 0 atom stereocenters. The molecule has 4 heteroatoms. The minimum atomic E-state index is -0.228. The molecule has 0 aromatic heterocycles. The first-order valence-corrected chi connectivity index (χ1v) is 7.14. The molecule has 0 bridgehead atoms. The smallest absolute Gasteiger partial charge is 0.129 e. The van der Waals surface area contributed by atoms with E-state index in [0.717, 1.165) is 30.2 Å². The molecule has 0 saturated heterocycles. The van der Waals surface area contributed by atoms with Crippen LogP contribution in [0, 0.1) is 11.7 Å². The van der Waals surface area contributed by atoms with E-state index >= 15 is 0 Å². The molecule has 1 aliphatic carbocycles. The van der Waals surface area contributed by atoms with Gasteiger partial charge >= 0.3 is 0 Å². The highest BCUT2D eigenvalue weighted by Gasteiger charge is 2.21. The van der Waals surface area contributed by atoms with Gasteiger partial charge in [0.2, 0.25) is 0 Å². The molecule has 18 heavy (non-hydrogen) atoms. The molecule has 0 spiro atoms. The summed E-state index contributed by atoms with van der Waals surface area (Å²) in [6, 6.07) is 5.03. The molecule has 0 aliphatic heterocycles. The Morgan fingerprint density at radius 1 is 1.28 bits per heavy atom. The van der Waals surface area contributed by atoms with Crippen molar-refractivity contribution in [3.05, 3.63) is 34.1 Å². The fourth-order valence-corrected chi connectivity index (χ4v) is 2.66. The van der Waals surface area contributed by atoms with Gasteiger partial charge in [-0.3, -0.25) is 0 Å². The predicted molar refractivity (Wildman–Crippen MR) is 71.7 cm³/mol. The summed E-state index contributed by atoms with van der Waals surface area (Å²) < 4.78 is 20.1. The largest absolute Gasteiger partial charge is 0.396 e. The molecular formula is C14H18BrFO2. The van der Waals surface area contributed by atoms with Crippen molar-refractivity contribution in [3.8, 4) is 0 Å². The molecule has 0 heterocycles. The summed E-state index contributed by atoms with van der Waals surface area (Å²) in [5, 5.41) is 9.05. The van der Waals surface area contributed by atoms with E-state index in [9.17, 15) is 4.39 Å². The zero-order valence-corrected chi connectivity index (χ0v) is 11.8. The number of rotatable bonds is 4. The zero-order chi connectivity index (χ0) is 13.0. The fraction of sp³-hybridized carbons (Fsp3) is 0.571. The van der Waals surface area contributed by atoms with Crippen LogP contribution in [-0.4, -0.2) is 17.8 Å². The molecular weight excluding hydrogens is 299 g/mol. The van der Waals surface area contributed by atoms with E-state index < -0.39 is 0 Å². The zero-order valence-electron chi connectivity index (χ0n) is 10.2. The molecule has 2 rings (SSSR count). The van der Waals surface area contributed by atoms with Gasteiger partial charge in [0.1, 0.15) is 5.82 Å². The Morgan fingerprint density at radius 2 is 2.00 bits per heavy atom. The van der Waals surface area contributed by atoms with Crippen LogP contribution < -0.4 is 0 Å². The molecule has 1 N–H and O–H groups in total. The van der Waals surface area contributed by atoms with Crippen LogP contribution in [0.25, 0.3) is 0 Å². The number of hydrogen-bond acceptors (Lipinski definition) is 2. The van der Waals surface area contributed by atoms with E-state index in [0.29, 0.717) is 18.1 Å². The van der Waals surface area contributed by atoms with Gasteiger partial charge in [0.05, 0.1) is 12.7 Å². The average Bonchev–Trinajstić information content (AvgIpc) is 2.38.